The Labute approximate surface area is 325 Å². The monoisotopic (exact) mass is 873 g/mol. The fraction of sp³-hybridized carbons (Fsp3) is 0.621. The summed E-state index contributed by atoms with van der Waals surface area (Å²) in [7, 11) is -16.9. The molecule has 2 fully saturated rings. The summed E-state index contributed by atoms with van der Waals surface area (Å²) in [5.41, 5.74) is 4.92. The zero-order valence-corrected chi connectivity index (χ0v) is 33.4. The van der Waals surface area contributed by atoms with Crippen molar-refractivity contribution in [1.82, 2.24) is 30.8 Å². The Kier molecular flexibility index (Phi) is 18.5. The molecular weight excluding hydrogens is 827 g/mol. The van der Waals surface area contributed by atoms with Gasteiger partial charge in [0.05, 0.1) is 24.2 Å². The SMILES string of the molecule is C=C(COP(=O)(O)OP(=O)(O)OP(=O)(O)O)O[C@H](CCO)n1cc(C#CCNC(=O)CCCCCNC(=O)CCCC[C@@H]2SC[C@@H]3NC(=O)N[C@@H]32)c(N)nc1=O. The molecule has 0 radical (unpaired) electrons. The highest BCUT2D eigenvalue weighted by atomic mass is 32.2. The fourth-order valence-electron chi connectivity index (χ4n) is 5.38. The Bertz CT molecular complexity index is 1840. The molecule has 1 aromatic rings. The van der Waals surface area contributed by atoms with Gasteiger partial charge in [0.1, 0.15) is 18.2 Å². The zero-order valence-electron chi connectivity index (χ0n) is 29.9. The summed E-state index contributed by atoms with van der Waals surface area (Å²) in [5, 5.41) is 21.3. The molecule has 2 saturated heterocycles. The van der Waals surface area contributed by atoms with Crippen molar-refractivity contribution >= 4 is 58.9 Å². The van der Waals surface area contributed by atoms with Crippen molar-refractivity contribution in [1.29, 1.82) is 0 Å². The summed E-state index contributed by atoms with van der Waals surface area (Å²) in [6.45, 7) is 2.29. The van der Waals surface area contributed by atoms with Crippen LogP contribution in [0.4, 0.5) is 10.6 Å². The lowest BCUT2D eigenvalue weighted by Gasteiger charge is -2.22. The molecule has 2 unspecified atom stereocenters. The van der Waals surface area contributed by atoms with Gasteiger partial charge in [0.2, 0.25) is 11.8 Å². The molecule has 1 aromatic heterocycles. The number of ether oxygens (including phenoxy) is 1. The second-order valence-corrected chi connectivity index (χ2v) is 18.0. The van der Waals surface area contributed by atoms with Crippen LogP contribution in [-0.4, -0.2) is 101 Å². The van der Waals surface area contributed by atoms with E-state index >= 15 is 0 Å². The van der Waals surface area contributed by atoms with E-state index < -0.39 is 54.4 Å². The Hall–Kier alpha value is -3.29. The number of carbonyl (C=O) groups is 3. The maximum atomic E-state index is 12.6. The molecule has 0 aromatic carbocycles. The lowest BCUT2D eigenvalue weighted by molar-refractivity contribution is -0.122. The largest absolute Gasteiger partial charge is 0.490 e. The van der Waals surface area contributed by atoms with Gasteiger partial charge >= 0.3 is 35.2 Å². The van der Waals surface area contributed by atoms with Crippen LogP contribution in [0.5, 0.6) is 0 Å². The van der Waals surface area contributed by atoms with Gasteiger partial charge < -0.3 is 56.4 Å². The molecule has 56 heavy (non-hydrogen) atoms. The van der Waals surface area contributed by atoms with E-state index in [2.05, 4.69) is 57.8 Å². The first-order valence-electron chi connectivity index (χ1n) is 17.1. The predicted octanol–water partition coefficient (Wildman–Crippen LogP) is 0.450. The van der Waals surface area contributed by atoms with E-state index in [-0.39, 0.29) is 60.7 Å². The van der Waals surface area contributed by atoms with Gasteiger partial charge in [-0.2, -0.15) is 25.4 Å². The second kappa shape index (κ2) is 22.0. The molecule has 6 atom stereocenters. The summed E-state index contributed by atoms with van der Waals surface area (Å²) in [6, 6.07) is 0.233. The van der Waals surface area contributed by atoms with Gasteiger partial charge in [0, 0.05) is 49.6 Å². The van der Waals surface area contributed by atoms with Crippen molar-refractivity contribution in [3.63, 3.8) is 0 Å². The molecule has 27 heteroatoms. The molecule has 3 heterocycles. The first-order valence-corrected chi connectivity index (χ1v) is 22.7. The number of nitrogen functional groups attached to an aromatic ring is 1. The fourth-order valence-corrected chi connectivity index (χ4v) is 9.93. The highest BCUT2D eigenvalue weighted by molar-refractivity contribution is 8.00. The molecule has 2 aliphatic rings. The van der Waals surface area contributed by atoms with E-state index in [4.69, 9.17) is 20.3 Å². The van der Waals surface area contributed by atoms with Crippen molar-refractivity contribution in [2.24, 2.45) is 0 Å². The van der Waals surface area contributed by atoms with E-state index in [9.17, 15) is 47.8 Å². The molecule has 2 aliphatic heterocycles. The smallest absolute Gasteiger partial charge is 0.472 e. The van der Waals surface area contributed by atoms with Gasteiger partial charge in [-0.1, -0.05) is 31.3 Å². The minimum Gasteiger partial charge on any atom is -0.472 e. The van der Waals surface area contributed by atoms with Gasteiger partial charge in [-0.25, -0.2) is 23.3 Å². The highest BCUT2D eigenvalue weighted by Crippen LogP contribution is 2.66. The van der Waals surface area contributed by atoms with E-state index in [0.29, 0.717) is 37.5 Å². The number of phosphoric ester groups is 1. The number of hydrogen-bond acceptors (Lipinski definition) is 15. The van der Waals surface area contributed by atoms with Crippen LogP contribution < -0.4 is 32.7 Å². The van der Waals surface area contributed by atoms with Crippen molar-refractivity contribution < 1.29 is 70.6 Å². The maximum Gasteiger partial charge on any atom is 0.490 e. The van der Waals surface area contributed by atoms with Crippen molar-refractivity contribution in [2.45, 2.75) is 81.3 Å². The zero-order chi connectivity index (χ0) is 41.5. The predicted molar refractivity (Wildman–Crippen MR) is 199 cm³/mol. The molecule has 0 saturated carbocycles. The quantitative estimate of drug-likeness (QED) is 0.0222. The molecule has 0 spiro atoms. The maximum absolute atomic E-state index is 12.6. The van der Waals surface area contributed by atoms with Crippen LogP contribution >= 0.6 is 35.2 Å². The van der Waals surface area contributed by atoms with Crippen LogP contribution in [0.15, 0.2) is 23.3 Å². The number of nitrogens with two attached hydrogens (primary N) is 1. The number of anilines is 1. The number of aliphatic hydroxyl groups is 1. The van der Waals surface area contributed by atoms with E-state index in [1.54, 1.807) is 0 Å². The van der Waals surface area contributed by atoms with Crippen molar-refractivity contribution in [3.05, 3.63) is 34.6 Å². The molecule has 314 valence electrons. The lowest BCUT2D eigenvalue weighted by Crippen LogP contribution is -2.36. The summed E-state index contributed by atoms with van der Waals surface area (Å²) in [6.07, 6.45) is 4.80. The second-order valence-electron chi connectivity index (χ2n) is 12.3. The summed E-state index contributed by atoms with van der Waals surface area (Å²) < 4.78 is 52.2. The van der Waals surface area contributed by atoms with Gasteiger partial charge in [-0.15, -0.1) is 0 Å². The van der Waals surface area contributed by atoms with Crippen molar-refractivity contribution in [3.8, 4) is 11.8 Å². The number of fused-ring (bicyclic) bond motifs is 1. The minimum absolute atomic E-state index is 0.0186. The molecular formula is C29H46N7O16P3S. The lowest BCUT2D eigenvalue weighted by atomic mass is 10.0. The van der Waals surface area contributed by atoms with Crippen LogP contribution in [0.3, 0.4) is 0 Å². The number of urea groups is 1. The number of hydrogen-bond donors (Lipinski definition) is 10. The van der Waals surface area contributed by atoms with Crippen LogP contribution in [0.1, 0.15) is 69.6 Å². The summed E-state index contributed by atoms with van der Waals surface area (Å²) >= 11 is 1.85. The number of thioether (sulfide) groups is 1. The molecule has 11 N–H and O–H groups in total. The normalized spacial score (nSPS) is 20.2. The van der Waals surface area contributed by atoms with E-state index in [1.165, 1.54) is 0 Å². The Balaban J connectivity index is 1.35. The highest BCUT2D eigenvalue weighted by Gasteiger charge is 2.43. The first kappa shape index (κ1) is 47.1. The van der Waals surface area contributed by atoms with E-state index in [1.807, 2.05) is 11.8 Å². The number of rotatable bonds is 24. The molecule has 3 rings (SSSR count). The van der Waals surface area contributed by atoms with Crippen LogP contribution in [0.25, 0.3) is 0 Å². The number of phosphoric acid groups is 3. The van der Waals surface area contributed by atoms with Gasteiger partial charge in [-0.3, -0.25) is 18.7 Å². The van der Waals surface area contributed by atoms with Crippen LogP contribution in [-0.2, 0) is 41.2 Å². The Morgan fingerprint density at radius 3 is 2.43 bits per heavy atom. The molecule has 0 aliphatic carbocycles. The Morgan fingerprint density at radius 2 is 1.73 bits per heavy atom. The number of nitrogens with one attached hydrogen (secondary N) is 4. The minimum atomic E-state index is -5.76. The van der Waals surface area contributed by atoms with Gasteiger partial charge in [0.25, 0.3) is 0 Å². The standard InChI is InChI=1S/C29H46N7O16P3S/c1-19(17-49-54(45,46)52-55(47,48)51-53(42,43)44)50-25(12-15-37)36-16-20(27(30)35-29(36)41)8-7-14-32-23(38)10-3-2-6-13-31-24(39)11-5-4-9-22-26-21(18-56-22)33-28(40)34-26/h16,21-22,25-26,37H,1-6,9-15,17-18H2,(H,31,39)(H,32,38)(H,45,46)(H,47,48)(H2,30,35,41)(H2,33,34,40)(H2,42,43,44)/t21-,22-,25+,26-/m0/s1. The van der Waals surface area contributed by atoms with E-state index in [0.717, 1.165) is 35.8 Å². The number of carbonyl (C=O) groups excluding carboxylic acids is 3. The van der Waals surface area contributed by atoms with Crippen LogP contribution in [0, 0.1) is 11.8 Å². The van der Waals surface area contributed by atoms with Crippen molar-refractivity contribution in [2.75, 3.05) is 37.8 Å². The third-order valence-electron chi connectivity index (χ3n) is 7.86. The molecule has 23 nitrogen and oxygen atoms in total. The van der Waals surface area contributed by atoms with Gasteiger partial charge in [0.15, 0.2) is 6.23 Å². The number of unbranched alkanes of at least 4 members (excludes halogenated alkanes) is 3. The number of aliphatic hydroxyl groups excluding tert-OH is 1. The molecule has 4 amide bonds. The summed E-state index contributed by atoms with van der Waals surface area (Å²) in [5.74, 6) is 5.24. The molecule has 0 bridgehead atoms. The number of amides is 4. The number of nitrogens with zero attached hydrogens (tertiary/aromatic N) is 2. The van der Waals surface area contributed by atoms with Gasteiger partial charge in [-0.05, 0) is 25.7 Å². The number of aromatic nitrogens is 2. The third-order valence-corrected chi connectivity index (χ3v) is 13.1. The Morgan fingerprint density at radius 1 is 1.04 bits per heavy atom. The van der Waals surface area contributed by atoms with Crippen LogP contribution in [0.2, 0.25) is 0 Å². The first-order chi connectivity index (χ1) is 26.3. The average Bonchev–Trinajstić information content (AvgIpc) is 3.63. The summed E-state index contributed by atoms with van der Waals surface area (Å²) in [4.78, 5) is 88.3. The topological polar surface area (TPSA) is 350 Å². The third kappa shape index (κ3) is 17.1. The average molecular weight is 874 g/mol.